The number of hydrogen-bond donors (Lipinski definition) is 1. The number of carbonyl (C=O) groups is 1. The van der Waals surface area contributed by atoms with E-state index in [1.54, 1.807) is 14.2 Å². The van der Waals surface area contributed by atoms with Crippen molar-refractivity contribution in [3.05, 3.63) is 59.7 Å². The van der Waals surface area contributed by atoms with E-state index in [4.69, 9.17) is 9.47 Å². The maximum absolute atomic E-state index is 12.7. The number of carbonyl (C=O) groups excluding carboxylic acids is 1. The van der Waals surface area contributed by atoms with E-state index < -0.39 is 0 Å². The molecule has 0 saturated carbocycles. The summed E-state index contributed by atoms with van der Waals surface area (Å²) in [5.41, 5.74) is 2.33. The molecule has 0 radical (unpaired) electrons. The van der Waals surface area contributed by atoms with Crippen molar-refractivity contribution in [1.29, 1.82) is 0 Å². The van der Waals surface area contributed by atoms with Crippen molar-refractivity contribution in [1.82, 2.24) is 10.2 Å². The molecule has 0 aliphatic carbocycles. The number of rotatable bonds is 5. The first-order valence-electron chi connectivity index (χ1n) is 9.49. The number of nitrogens with one attached hydrogen (secondary N) is 1. The number of methoxy groups -OCH3 is 2. The third-order valence-corrected chi connectivity index (χ3v) is 5.15. The van der Waals surface area contributed by atoms with Gasteiger partial charge < -0.3 is 19.7 Å². The average Bonchev–Trinajstić information content (AvgIpc) is 2.99. The molecule has 5 nitrogen and oxygen atoms in total. The molecule has 1 N–H and O–H groups in total. The van der Waals surface area contributed by atoms with Gasteiger partial charge in [-0.2, -0.15) is 0 Å². The Hall–Kier alpha value is -2.69. The molecular weight excluding hydrogens is 340 g/mol. The molecule has 1 aliphatic heterocycles. The van der Waals surface area contributed by atoms with Gasteiger partial charge in [0.2, 0.25) is 0 Å². The third-order valence-electron chi connectivity index (χ3n) is 5.15. The molecule has 2 aromatic rings. The van der Waals surface area contributed by atoms with Gasteiger partial charge in [-0.1, -0.05) is 30.7 Å². The molecule has 0 spiro atoms. The van der Waals surface area contributed by atoms with E-state index in [0.29, 0.717) is 12.5 Å². The summed E-state index contributed by atoms with van der Waals surface area (Å²) in [5.74, 6) is 2.05. The summed E-state index contributed by atoms with van der Waals surface area (Å²) in [7, 11) is 3.32. The van der Waals surface area contributed by atoms with E-state index in [0.717, 1.165) is 49.4 Å². The van der Waals surface area contributed by atoms with Crippen LogP contribution in [0.2, 0.25) is 0 Å². The lowest BCUT2D eigenvalue weighted by molar-refractivity contribution is 0.197. The molecular formula is C22H28N2O3. The summed E-state index contributed by atoms with van der Waals surface area (Å²) in [5, 5.41) is 3.05. The number of urea groups is 1. The molecule has 1 fully saturated rings. The molecule has 1 heterocycles. The first-order valence-corrected chi connectivity index (χ1v) is 9.49. The van der Waals surface area contributed by atoms with Crippen molar-refractivity contribution < 1.29 is 14.3 Å². The Morgan fingerprint density at radius 2 is 1.63 bits per heavy atom. The molecule has 144 valence electrons. The van der Waals surface area contributed by atoms with Gasteiger partial charge in [-0.3, -0.25) is 0 Å². The van der Waals surface area contributed by atoms with Gasteiger partial charge in [0.15, 0.2) is 0 Å². The molecule has 0 bridgehead atoms. The monoisotopic (exact) mass is 368 g/mol. The highest BCUT2D eigenvalue weighted by atomic mass is 16.5. The fourth-order valence-corrected chi connectivity index (χ4v) is 3.51. The fourth-order valence-electron chi connectivity index (χ4n) is 3.51. The lowest BCUT2D eigenvalue weighted by Crippen LogP contribution is -2.41. The Balaban J connectivity index is 1.59. The molecule has 1 saturated heterocycles. The second-order valence-electron chi connectivity index (χ2n) is 6.92. The topological polar surface area (TPSA) is 50.8 Å². The van der Waals surface area contributed by atoms with Crippen LogP contribution in [0.1, 0.15) is 36.3 Å². The number of amides is 2. The van der Waals surface area contributed by atoms with Crippen LogP contribution < -0.4 is 14.8 Å². The molecule has 2 aromatic carbocycles. The molecule has 1 atom stereocenters. The zero-order chi connectivity index (χ0) is 19.1. The van der Waals surface area contributed by atoms with Crippen LogP contribution in [0.3, 0.4) is 0 Å². The molecule has 5 heteroatoms. The molecule has 0 aromatic heterocycles. The van der Waals surface area contributed by atoms with Crippen molar-refractivity contribution in [3.63, 3.8) is 0 Å². The van der Waals surface area contributed by atoms with Gasteiger partial charge in [0.05, 0.1) is 14.2 Å². The van der Waals surface area contributed by atoms with Gasteiger partial charge >= 0.3 is 6.03 Å². The van der Waals surface area contributed by atoms with Crippen molar-refractivity contribution in [3.8, 4) is 11.5 Å². The highest BCUT2D eigenvalue weighted by Gasteiger charge is 2.23. The van der Waals surface area contributed by atoms with Crippen LogP contribution in [-0.4, -0.2) is 38.2 Å². The van der Waals surface area contributed by atoms with Crippen LogP contribution >= 0.6 is 0 Å². The van der Waals surface area contributed by atoms with Crippen molar-refractivity contribution >= 4 is 6.03 Å². The summed E-state index contributed by atoms with van der Waals surface area (Å²) in [6.45, 7) is 2.08. The van der Waals surface area contributed by atoms with Crippen LogP contribution in [-0.2, 0) is 6.54 Å². The number of ether oxygens (including phenoxy) is 2. The van der Waals surface area contributed by atoms with Crippen molar-refractivity contribution in [2.45, 2.75) is 31.7 Å². The first kappa shape index (κ1) is 19.1. The van der Waals surface area contributed by atoms with Crippen LogP contribution in [0, 0.1) is 0 Å². The fraction of sp³-hybridized carbons (Fsp3) is 0.409. The maximum atomic E-state index is 12.7. The van der Waals surface area contributed by atoms with Gasteiger partial charge in [0.1, 0.15) is 11.5 Å². The lowest BCUT2D eigenvalue weighted by Gasteiger charge is -2.25. The Morgan fingerprint density at radius 1 is 1.00 bits per heavy atom. The van der Waals surface area contributed by atoms with Crippen molar-refractivity contribution in [2.24, 2.45) is 0 Å². The summed E-state index contributed by atoms with van der Waals surface area (Å²) in [6.07, 6.45) is 3.29. The van der Waals surface area contributed by atoms with Gasteiger partial charge in [-0.15, -0.1) is 0 Å². The Labute approximate surface area is 161 Å². The zero-order valence-corrected chi connectivity index (χ0v) is 16.1. The second-order valence-corrected chi connectivity index (χ2v) is 6.92. The summed E-state index contributed by atoms with van der Waals surface area (Å²) in [4.78, 5) is 14.6. The number of benzene rings is 2. The minimum Gasteiger partial charge on any atom is -0.497 e. The van der Waals surface area contributed by atoms with E-state index >= 15 is 0 Å². The van der Waals surface area contributed by atoms with Crippen molar-refractivity contribution in [2.75, 3.05) is 27.3 Å². The van der Waals surface area contributed by atoms with Crippen LogP contribution in [0.15, 0.2) is 48.5 Å². The number of nitrogens with zero attached hydrogens (tertiary/aromatic N) is 1. The number of likely N-dealkylation sites (tertiary alicyclic amines) is 1. The minimum atomic E-state index is 0.00577. The standard InChI is InChI=1S/C22H28N2O3/c1-26-20-10-6-17(7-11-20)15-23-22(25)24-14-4-3-5-19(16-24)18-8-12-21(27-2)13-9-18/h6-13,19H,3-5,14-16H2,1-2H3,(H,23,25)/t19-/m0/s1. The number of hydrogen-bond acceptors (Lipinski definition) is 3. The minimum absolute atomic E-state index is 0.00577. The Bertz CT molecular complexity index is 728. The molecule has 0 unspecified atom stereocenters. The Kier molecular flexibility index (Phi) is 6.58. The van der Waals surface area contributed by atoms with E-state index in [9.17, 15) is 4.79 Å². The van der Waals surface area contributed by atoms with Gasteiger partial charge in [0.25, 0.3) is 0 Å². The normalized spacial score (nSPS) is 17.1. The van der Waals surface area contributed by atoms with E-state index in [-0.39, 0.29) is 6.03 Å². The highest BCUT2D eigenvalue weighted by molar-refractivity contribution is 5.74. The van der Waals surface area contributed by atoms with E-state index in [1.807, 2.05) is 41.3 Å². The molecule has 3 rings (SSSR count). The third kappa shape index (κ3) is 5.16. The maximum Gasteiger partial charge on any atom is 0.317 e. The summed E-state index contributed by atoms with van der Waals surface area (Å²) in [6, 6.07) is 16.0. The first-order chi connectivity index (χ1) is 13.2. The van der Waals surface area contributed by atoms with Crippen LogP contribution in [0.25, 0.3) is 0 Å². The lowest BCUT2D eigenvalue weighted by atomic mass is 9.94. The van der Waals surface area contributed by atoms with Gasteiger partial charge in [-0.05, 0) is 48.2 Å². The molecule has 27 heavy (non-hydrogen) atoms. The average molecular weight is 368 g/mol. The largest absolute Gasteiger partial charge is 0.497 e. The predicted molar refractivity (Wildman–Crippen MR) is 106 cm³/mol. The van der Waals surface area contributed by atoms with E-state index in [2.05, 4.69) is 17.4 Å². The van der Waals surface area contributed by atoms with E-state index in [1.165, 1.54) is 5.56 Å². The Morgan fingerprint density at radius 3 is 2.26 bits per heavy atom. The summed E-state index contributed by atoms with van der Waals surface area (Å²) < 4.78 is 10.4. The van der Waals surface area contributed by atoms with Gasteiger partial charge in [0, 0.05) is 25.6 Å². The van der Waals surface area contributed by atoms with Crippen LogP contribution in [0.5, 0.6) is 11.5 Å². The van der Waals surface area contributed by atoms with Gasteiger partial charge in [-0.25, -0.2) is 4.79 Å². The second kappa shape index (κ2) is 9.31. The molecule has 2 amide bonds. The molecule has 1 aliphatic rings. The van der Waals surface area contributed by atoms with Crippen LogP contribution in [0.4, 0.5) is 4.79 Å². The summed E-state index contributed by atoms with van der Waals surface area (Å²) >= 11 is 0. The quantitative estimate of drug-likeness (QED) is 0.861. The smallest absolute Gasteiger partial charge is 0.317 e. The highest BCUT2D eigenvalue weighted by Crippen LogP contribution is 2.28. The SMILES string of the molecule is COc1ccc(CNC(=O)N2CCCC[C@H](c3ccc(OC)cc3)C2)cc1. The predicted octanol–water partition coefficient (Wildman–Crippen LogP) is 4.18. The zero-order valence-electron chi connectivity index (χ0n) is 16.1.